The second-order valence-electron chi connectivity index (χ2n) is 5.12. The number of rotatable bonds is 6. The summed E-state index contributed by atoms with van der Waals surface area (Å²) in [4.78, 5) is 18.4. The highest BCUT2D eigenvalue weighted by atomic mass is 16.5. The first-order valence-electron chi connectivity index (χ1n) is 7.98. The van der Waals surface area contributed by atoms with E-state index >= 15 is 0 Å². The van der Waals surface area contributed by atoms with Gasteiger partial charge < -0.3 is 10.1 Å². The normalized spacial score (nSPS) is 10.1. The van der Waals surface area contributed by atoms with Crippen LogP contribution < -0.4 is 10.1 Å². The van der Waals surface area contributed by atoms with Crippen LogP contribution in [0.2, 0.25) is 0 Å². The van der Waals surface area contributed by atoms with E-state index in [2.05, 4.69) is 15.3 Å². The van der Waals surface area contributed by atoms with Gasteiger partial charge in [0.25, 0.3) is 0 Å². The summed E-state index contributed by atoms with van der Waals surface area (Å²) in [5, 5.41) is 2.52. The number of benzene rings is 1. The molecule has 2 aromatic heterocycles. The van der Waals surface area contributed by atoms with Crippen molar-refractivity contribution in [2.24, 2.45) is 0 Å². The van der Waals surface area contributed by atoms with E-state index in [0.717, 1.165) is 22.5 Å². The van der Waals surface area contributed by atoms with Gasteiger partial charge in [-0.2, -0.15) is 0 Å². The zero-order valence-corrected chi connectivity index (χ0v) is 14.1. The molecular formula is C20H21N3O2. The molecule has 0 unspecified atom stereocenters. The van der Waals surface area contributed by atoms with Crippen LogP contribution in [0.3, 0.4) is 0 Å². The van der Waals surface area contributed by atoms with Crippen LogP contribution in [0.5, 0.6) is 5.75 Å². The third kappa shape index (κ3) is 6.83. The number of carbonyl (C=O) groups excluding carboxylic acids is 1. The second kappa shape index (κ2) is 10.5. The predicted octanol–water partition coefficient (Wildman–Crippen LogP) is 3.31. The van der Waals surface area contributed by atoms with Gasteiger partial charge in [-0.05, 0) is 49.4 Å². The van der Waals surface area contributed by atoms with E-state index in [1.54, 1.807) is 6.20 Å². The predicted molar refractivity (Wildman–Crippen MR) is 99.4 cm³/mol. The van der Waals surface area contributed by atoms with E-state index in [0.29, 0.717) is 19.6 Å². The molecule has 2 heterocycles. The van der Waals surface area contributed by atoms with Gasteiger partial charge in [0.15, 0.2) is 0 Å². The molecule has 3 rings (SSSR count). The summed E-state index contributed by atoms with van der Waals surface area (Å²) in [6, 6.07) is 17.4. The molecule has 0 atom stereocenters. The Bertz CT molecular complexity index is 804. The van der Waals surface area contributed by atoms with Crippen molar-refractivity contribution in [2.75, 3.05) is 13.2 Å². The summed E-state index contributed by atoms with van der Waals surface area (Å²) < 4.78 is 5.38. The van der Waals surface area contributed by atoms with Gasteiger partial charge in [0, 0.05) is 18.4 Å². The third-order valence-corrected chi connectivity index (χ3v) is 3.17. The maximum atomic E-state index is 9.88. The Labute approximate surface area is 147 Å². The van der Waals surface area contributed by atoms with Gasteiger partial charge in [-0.25, -0.2) is 0 Å². The zero-order valence-electron chi connectivity index (χ0n) is 14.1. The van der Waals surface area contributed by atoms with Crippen LogP contribution in [-0.2, 0) is 4.79 Å². The quantitative estimate of drug-likeness (QED) is 0.426. The molecule has 1 aromatic carbocycles. The minimum atomic E-state index is 0.518. The van der Waals surface area contributed by atoms with E-state index in [9.17, 15) is 4.79 Å². The minimum Gasteiger partial charge on any atom is -0.490 e. The summed E-state index contributed by atoms with van der Waals surface area (Å²) in [7, 11) is 0. The third-order valence-electron chi connectivity index (χ3n) is 3.17. The number of aromatic nitrogens is 2. The van der Waals surface area contributed by atoms with Crippen molar-refractivity contribution in [3.8, 4) is 5.75 Å². The lowest BCUT2D eigenvalue weighted by Crippen LogP contribution is -2.09. The van der Waals surface area contributed by atoms with E-state index in [1.807, 2.05) is 73.7 Å². The molecule has 128 valence electrons. The molecule has 0 radical (unpaired) electrons. The average molecular weight is 335 g/mol. The van der Waals surface area contributed by atoms with E-state index in [1.165, 1.54) is 0 Å². The summed E-state index contributed by atoms with van der Waals surface area (Å²) in [5.74, 6) is 0.848. The summed E-state index contributed by atoms with van der Waals surface area (Å²) in [6.45, 7) is 3.04. The molecule has 0 aliphatic carbocycles. The molecule has 0 spiro atoms. The van der Waals surface area contributed by atoms with Crippen molar-refractivity contribution in [3.63, 3.8) is 0 Å². The summed E-state index contributed by atoms with van der Waals surface area (Å²) >= 11 is 0. The van der Waals surface area contributed by atoms with Crippen molar-refractivity contribution in [3.05, 3.63) is 78.6 Å². The monoisotopic (exact) mass is 335 g/mol. The summed E-state index contributed by atoms with van der Waals surface area (Å²) in [6.07, 6.45) is 6.16. The van der Waals surface area contributed by atoms with Crippen molar-refractivity contribution >= 4 is 17.4 Å². The molecule has 25 heavy (non-hydrogen) atoms. The lowest BCUT2D eigenvalue weighted by Gasteiger charge is -2.01. The lowest BCUT2D eigenvalue weighted by atomic mass is 10.3. The lowest BCUT2D eigenvalue weighted by molar-refractivity contribution is -0.109. The van der Waals surface area contributed by atoms with Crippen LogP contribution in [0.15, 0.2) is 72.9 Å². The Balaban J connectivity index is 0.000000185. The van der Waals surface area contributed by atoms with E-state index in [-0.39, 0.29) is 0 Å². The first-order valence-corrected chi connectivity index (χ1v) is 7.98. The topological polar surface area (TPSA) is 64.1 Å². The number of ether oxygens (including phenoxy) is 1. The molecule has 1 N–H and O–H groups in total. The number of aryl methyl sites for hydroxylation is 1. The first kappa shape index (κ1) is 18.1. The van der Waals surface area contributed by atoms with Crippen LogP contribution >= 0.6 is 0 Å². The van der Waals surface area contributed by atoms with E-state index < -0.39 is 0 Å². The Kier molecular flexibility index (Phi) is 7.65. The number of hydrogen-bond donors (Lipinski definition) is 1. The first-order chi connectivity index (χ1) is 12.3. The Morgan fingerprint density at radius 1 is 1.00 bits per heavy atom. The van der Waals surface area contributed by atoms with Gasteiger partial charge >= 0.3 is 0 Å². The van der Waals surface area contributed by atoms with Crippen LogP contribution in [0.4, 0.5) is 0 Å². The fraction of sp³-hybridized carbons (Fsp3) is 0.150. The number of carbonyl (C=O) groups is 1. The fourth-order valence-corrected chi connectivity index (χ4v) is 1.99. The van der Waals surface area contributed by atoms with Gasteiger partial charge in [0.1, 0.15) is 12.4 Å². The van der Waals surface area contributed by atoms with Gasteiger partial charge in [-0.3, -0.25) is 14.8 Å². The van der Waals surface area contributed by atoms with Gasteiger partial charge in [-0.15, -0.1) is 0 Å². The molecule has 5 heteroatoms. The second-order valence-corrected chi connectivity index (χ2v) is 5.12. The van der Waals surface area contributed by atoms with Crippen molar-refractivity contribution < 1.29 is 9.53 Å². The molecule has 0 fully saturated rings. The maximum Gasteiger partial charge on any atom is 0.207 e. The van der Waals surface area contributed by atoms with Crippen molar-refractivity contribution in [2.45, 2.75) is 6.92 Å². The van der Waals surface area contributed by atoms with Crippen LogP contribution in [0.25, 0.3) is 11.0 Å². The van der Waals surface area contributed by atoms with Crippen molar-refractivity contribution in [1.82, 2.24) is 15.3 Å². The number of fused-ring (bicyclic) bond motifs is 1. The van der Waals surface area contributed by atoms with Gasteiger partial charge in [-0.1, -0.05) is 24.3 Å². The molecule has 1 amide bonds. The molecule has 5 nitrogen and oxygen atoms in total. The Morgan fingerprint density at radius 2 is 1.84 bits per heavy atom. The fourth-order valence-electron chi connectivity index (χ4n) is 1.99. The summed E-state index contributed by atoms with van der Waals surface area (Å²) in [5.41, 5.74) is 2.95. The number of nitrogens with zero attached hydrogens (tertiary/aromatic N) is 2. The largest absolute Gasteiger partial charge is 0.490 e. The Morgan fingerprint density at radius 3 is 2.64 bits per heavy atom. The molecule has 0 aliphatic heterocycles. The molecule has 0 aliphatic rings. The molecule has 0 bridgehead atoms. The standard InChI is InChI=1S/C11H13NO2.C9H8N2/c13-10-12-8-4-5-9-14-11-6-2-1-3-7-11;1-7-4-5-8-9(11-7)3-2-6-10-8/h1-7,10H,8-9H2,(H,12,13);2-6H,1H3/b5-4+;. The van der Waals surface area contributed by atoms with Crippen LogP contribution in [-0.4, -0.2) is 29.5 Å². The highest BCUT2D eigenvalue weighted by molar-refractivity contribution is 5.73. The number of pyridine rings is 2. The van der Waals surface area contributed by atoms with Crippen LogP contribution in [0.1, 0.15) is 5.69 Å². The minimum absolute atomic E-state index is 0.518. The number of para-hydroxylation sites is 1. The zero-order chi connectivity index (χ0) is 17.7. The van der Waals surface area contributed by atoms with Gasteiger partial charge in [0.2, 0.25) is 6.41 Å². The highest BCUT2D eigenvalue weighted by Crippen LogP contribution is 2.08. The highest BCUT2D eigenvalue weighted by Gasteiger charge is 1.92. The van der Waals surface area contributed by atoms with Crippen molar-refractivity contribution in [1.29, 1.82) is 0 Å². The average Bonchev–Trinajstić information content (AvgIpc) is 2.66. The number of amides is 1. The molecule has 0 saturated heterocycles. The number of hydrogen-bond acceptors (Lipinski definition) is 4. The Hall–Kier alpha value is -3.21. The van der Waals surface area contributed by atoms with Gasteiger partial charge in [0.05, 0.1) is 11.0 Å². The number of nitrogens with one attached hydrogen (secondary N) is 1. The van der Waals surface area contributed by atoms with E-state index in [4.69, 9.17) is 4.74 Å². The van der Waals surface area contributed by atoms with Crippen LogP contribution in [0, 0.1) is 6.92 Å². The SMILES string of the molecule is Cc1ccc2ncccc2n1.O=CNC/C=C/COc1ccccc1. The molecule has 3 aromatic rings. The molecular weight excluding hydrogens is 314 g/mol. The molecule has 0 saturated carbocycles. The maximum absolute atomic E-state index is 9.88. The smallest absolute Gasteiger partial charge is 0.207 e.